The smallest absolute Gasteiger partial charge is 0.263 e. The summed E-state index contributed by atoms with van der Waals surface area (Å²) in [5.41, 5.74) is 2.21. The fourth-order valence-corrected chi connectivity index (χ4v) is 2.33. The SMILES string of the molecule is Cc1ccc(F)cc1NCN1C(=O)c2ccccc2C1=O. The van der Waals surface area contributed by atoms with Crippen molar-refractivity contribution in [2.24, 2.45) is 0 Å². The normalized spacial score (nSPS) is 13.5. The van der Waals surface area contributed by atoms with Crippen LogP contribution in [0.3, 0.4) is 0 Å². The van der Waals surface area contributed by atoms with Gasteiger partial charge in [0.25, 0.3) is 11.8 Å². The van der Waals surface area contributed by atoms with Crippen LogP contribution in [0.5, 0.6) is 0 Å². The molecule has 21 heavy (non-hydrogen) atoms. The van der Waals surface area contributed by atoms with Gasteiger partial charge >= 0.3 is 0 Å². The molecule has 0 aromatic heterocycles. The van der Waals surface area contributed by atoms with Crippen LogP contribution in [0.25, 0.3) is 0 Å². The predicted molar refractivity (Wildman–Crippen MR) is 76.6 cm³/mol. The Bertz CT molecular complexity index is 708. The van der Waals surface area contributed by atoms with Gasteiger partial charge in [0, 0.05) is 5.69 Å². The highest BCUT2D eigenvalue weighted by molar-refractivity contribution is 6.21. The maximum Gasteiger partial charge on any atom is 0.263 e. The first-order chi connectivity index (χ1) is 10.1. The second-order valence-electron chi connectivity index (χ2n) is 4.88. The van der Waals surface area contributed by atoms with Gasteiger partial charge < -0.3 is 5.32 Å². The summed E-state index contributed by atoms with van der Waals surface area (Å²) >= 11 is 0. The number of hydrogen-bond donors (Lipinski definition) is 1. The van der Waals surface area contributed by atoms with Gasteiger partial charge in [-0.05, 0) is 36.8 Å². The maximum absolute atomic E-state index is 13.2. The number of imide groups is 1. The summed E-state index contributed by atoms with van der Waals surface area (Å²) in [6, 6.07) is 11.0. The molecule has 106 valence electrons. The fourth-order valence-electron chi connectivity index (χ4n) is 2.33. The number of fused-ring (bicyclic) bond motifs is 1. The van der Waals surface area contributed by atoms with Crippen LogP contribution < -0.4 is 5.32 Å². The number of aryl methyl sites for hydroxylation is 1. The summed E-state index contributed by atoms with van der Waals surface area (Å²) in [6.07, 6.45) is 0. The van der Waals surface area contributed by atoms with Gasteiger partial charge in [-0.2, -0.15) is 0 Å². The first kappa shape index (κ1) is 13.3. The Labute approximate surface area is 121 Å². The largest absolute Gasteiger partial charge is 0.367 e. The van der Waals surface area contributed by atoms with E-state index in [0.29, 0.717) is 16.8 Å². The third kappa shape index (κ3) is 2.27. The average molecular weight is 284 g/mol. The summed E-state index contributed by atoms with van der Waals surface area (Å²) < 4.78 is 13.2. The molecule has 0 unspecified atom stereocenters. The zero-order chi connectivity index (χ0) is 15.0. The molecule has 0 saturated heterocycles. The Morgan fingerprint density at radius 2 is 1.67 bits per heavy atom. The monoisotopic (exact) mass is 284 g/mol. The Morgan fingerprint density at radius 1 is 1.05 bits per heavy atom. The molecule has 2 amide bonds. The highest BCUT2D eigenvalue weighted by Crippen LogP contribution is 2.23. The molecule has 1 heterocycles. The lowest BCUT2D eigenvalue weighted by atomic mass is 10.1. The fraction of sp³-hybridized carbons (Fsp3) is 0.125. The van der Waals surface area contributed by atoms with E-state index in [4.69, 9.17) is 0 Å². The van der Waals surface area contributed by atoms with Gasteiger partial charge in [0.2, 0.25) is 0 Å². The molecular weight excluding hydrogens is 271 g/mol. The predicted octanol–water partition coefficient (Wildman–Crippen LogP) is 2.80. The number of anilines is 1. The molecule has 0 spiro atoms. The van der Waals surface area contributed by atoms with Crippen molar-refractivity contribution >= 4 is 17.5 Å². The van der Waals surface area contributed by atoms with Crippen molar-refractivity contribution in [2.45, 2.75) is 6.92 Å². The Kier molecular flexibility index (Phi) is 3.17. The Hall–Kier alpha value is -2.69. The van der Waals surface area contributed by atoms with E-state index in [1.54, 1.807) is 30.3 Å². The topological polar surface area (TPSA) is 49.4 Å². The molecule has 0 atom stereocenters. The van der Waals surface area contributed by atoms with Crippen molar-refractivity contribution in [2.75, 3.05) is 12.0 Å². The molecule has 0 aliphatic carbocycles. The lowest BCUT2D eigenvalue weighted by molar-refractivity contribution is 0.0666. The van der Waals surface area contributed by atoms with Gasteiger partial charge in [-0.1, -0.05) is 18.2 Å². The van der Waals surface area contributed by atoms with Gasteiger partial charge in [-0.15, -0.1) is 0 Å². The molecule has 5 heteroatoms. The lowest BCUT2D eigenvalue weighted by Crippen LogP contribution is -2.34. The molecule has 2 aromatic carbocycles. The van der Waals surface area contributed by atoms with Crippen LogP contribution in [0.1, 0.15) is 26.3 Å². The number of rotatable bonds is 3. The van der Waals surface area contributed by atoms with Crippen LogP contribution >= 0.6 is 0 Å². The van der Waals surface area contributed by atoms with E-state index in [1.165, 1.54) is 12.1 Å². The summed E-state index contributed by atoms with van der Waals surface area (Å²) in [4.78, 5) is 25.5. The number of amides is 2. The van der Waals surface area contributed by atoms with Crippen LogP contribution in [0.2, 0.25) is 0 Å². The highest BCUT2D eigenvalue weighted by atomic mass is 19.1. The van der Waals surface area contributed by atoms with Crippen LogP contribution in [0.15, 0.2) is 42.5 Å². The van der Waals surface area contributed by atoms with E-state index in [1.807, 2.05) is 6.92 Å². The Morgan fingerprint density at radius 3 is 2.29 bits per heavy atom. The van der Waals surface area contributed by atoms with Gasteiger partial charge in [-0.3, -0.25) is 14.5 Å². The van der Waals surface area contributed by atoms with Crippen LogP contribution in [-0.2, 0) is 0 Å². The van der Waals surface area contributed by atoms with E-state index in [9.17, 15) is 14.0 Å². The van der Waals surface area contributed by atoms with Crippen molar-refractivity contribution in [1.82, 2.24) is 4.90 Å². The molecule has 0 bridgehead atoms. The number of benzene rings is 2. The molecular formula is C16H13FN2O2. The number of nitrogens with zero attached hydrogens (tertiary/aromatic N) is 1. The molecule has 0 radical (unpaired) electrons. The molecule has 4 nitrogen and oxygen atoms in total. The van der Waals surface area contributed by atoms with Crippen LogP contribution in [0.4, 0.5) is 10.1 Å². The van der Waals surface area contributed by atoms with Crippen LogP contribution in [-0.4, -0.2) is 23.4 Å². The minimum Gasteiger partial charge on any atom is -0.367 e. The van der Waals surface area contributed by atoms with E-state index < -0.39 is 0 Å². The zero-order valence-corrected chi connectivity index (χ0v) is 11.4. The average Bonchev–Trinajstić information content (AvgIpc) is 2.73. The highest BCUT2D eigenvalue weighted by Gasteiger charge is 2.34. The number of nitrogens with one attached hydrogen (secondary N) is 1. The quantitative estimate of drug-likeness (QED) is 0.882. The second-order valence-corrected chi connectivity index (χ2v) is 4.88. The molecule has 2 aromatic rings. The standard InChI is InChI=1S/C16H13FN2O2/c1-10-6-7-11(17)8-14(10)18-9-19-15(20)12-4-2-3-5-13(12)16(19)21/h2-8,18H,9H2,1H3. The first-order valence-corrected chi connectivity index (χ1v) is 6.53. The molecule has 0 fully saturated rings. The van der Waals surface area contributed by atoms with Crippen molar-refractivity contribution < 1.29 is 14.0 Å². The Balaban J connectivity index is 1.80. The van der Waals surface area contributed by atoms with E-state index in [0.717, 1.165) is 10.5 Å². The zero-order valence-electron chi connectivity index (χ0n) is 11.4. The number of carbonyl (C=O) groups excluding carboxylic acids is 2. The van der Waals surface area contributed by atoms with Gasteiger partial charge in [0.05, 0.1) is 17.8 Å². The molecule has 0 saturated carbocycles. The van der Waals surface area contributed by atoms with E-state index in [2.05, 4.69) is 5.32 Å². The molecule has 1 aliphatic heterocycles. The van der Waals surface area contributed by atoms with Crippen molar-refractivity contribution in [3.8, 4) is 0 Å². The van der Waals surface area contributed by atoms with Gasteiger partial charge in [-0.25, -0.2) is 4.39 Å². The molecule has 1 N–H and O–H groups in total. The van der Waals surface area contributed by atoms with Crippen LogP contribution in [0, 0.1) is 12.7 Å². The minimum atomic E-state index is -0.370. The van der Waals surface area contributed by atoms with Crippen molar-refractivity contribution in [3.63, 3.8) is 0 Å². The first-order valence-electron chi connectivity index (χ1n) is 6.53. The number of hydrogen-bond acceptors (Lipinski definition) is 3. The molecule has 3 rings (SSSR count). The second kappa shape index (κ2) is 5.01. The van der Waals surface area contributed by atoms with Gasteiger partial charge in [0.15, 0.2) is 0 Å². The summed E-state index contributed by atoms with van der Waals surface area (Å²) in [5.74, 6) is -1.04. The maximum atomic E-state index is 13.2. The molecule has 1 aliphatic rings. The third-order valence-electron chi connectivity index (χ3n) is 3.51. The third-order valence-corrected chi connectivity index (χ3v) is 3.51. The van der Waals surface area contributed by atoms with Gasteiger partial charge in [0.1, 0.15) is 5.82 Å². The van der Waals surface area contributed by atoms with Crippen molar-refractivity contribution in [1.29, 1.82) is 0 Å². The number of carbonyl (C=O) groups is 2. The summed E-state index contributed by atoms with van der Waals surface area (Å²) in [6.45, 7) is 1.83. The summed E-state index contributed by atoms with van der Waals surface area (Å²) in [5, 5.41) is 2.94. The lowest BCUT2D eigenvalue weighted by Gasteiger charge is -2.16. The van der Waals surface area contributed by atoms with E-state index in [-0.39, 0.29) is 24.3 Å². The van der Waals surface area contributed by atoms with Crippen molar-refractivity contribution in [3.05, 3.63) is 65.0 Å². The minimum absolute atomic E-state index is 0.0106. The van der Waals surface area contributed by atoms with E-state index >= 15 is 0 Å². The summed E-state index contributed by atoms with van der Waals surface area (Å²) in [7, 11) is 0. The number of halogens is 1.